The van der Waals surface area contributed by atoms with Crippen molar-refractivity contribution in [2.24, 2.45) is 0 Å². The molecule has 1 fully saturated rings. The third kappa shape index (κ3) is 4.80. The monoisotopic (exact) mass is 483 g/mol. The van der Waals surface area contributed by atoms with Gasteiger partial charge in [0.2, 0.25) is 5.76 Å². The zero-order valence-electron chi connectivity index (χ0n) is 18.3. The van der Waals surface area contributed by atoms with E-state index < -0.39 is 11.9 Å². The minimum Gasteiger partial charge on any atom is -0.381 e. The van der Waals surface area contributed by atoms with Gasteiger partial charge in [0.1, 0.15) is 17.8 Å². The molecule has 0 bridgehead atoms. The maximum Gasteiger partial charge on any atom is 0.453 e. The largest absolute Gasteiger partial charge is 0.453 e. The van der Waals surface area contributed by atoms with Crippen molar-refractivity contribution in [1.82, 2.24) is 25.0 Å². The van der Waals surface area contributed by atoms with Crippen LogP contribution in [0, 0.1) is 0 Å². The Morgan fingerprint density at radius 1 is 1.06 bits per heavy atom. The van der Waals surface area contributed by atoms with Crippen LogP contribution in [0.3, 0.4) is 0 Å². The Morgan fingerprint density at radius 3 is 2.51 bits per heavy atom. The van der Waals surface area contributed by atoms with Gasteiger partial charge in [0.05, 0.1) is 16.8 Å². The lowest BCUT2D eigenvalue weighted by atomic mass is 10.0. The molecule has 5 rings (SSSR count). The Morgan fingerprint density at radius 2 is 1.83 bits per heavy atom. The molecule has 4 aromatic rings. The molecule has 11 heteroatoms. The van der Waals surface area contributed by atoms with Gasteiger partial charge in [0, 0.05) is 37.2 Å². The van der Waals surface area contributed by atoms with Crippen LogP contribution in [0.15, 0.2) is 65.7 Å². The number of alkyl halides is 3. The smallest absolute Gasteiger partial charge is 0.381 e. The van der Waals surface area contributed by atoms with Gasteiger partial charge >= 0.3 is 6.18 Å². The summed E-state index contributed by atoms with van der Waals surface area (Å²) in [6.45, 7) is 1.22. The van der Waals surface area contributed by atoms with E-state index in [0.717, 1.165) is 12.8 Å². The highest BCUT2D eigenvalue weighted by molar-refractivity contribution is 5.94. The van der Waals surface area contributed by atoms with Crippen molar-refractivity contribution in [3.8, 4) is 28.3 Å². The second-order valence-corrected chi connectivity index (χ2v) is 8.03. The summed E-state index contributed by atoms with van der Waals surface area (Å²) in [7, 11) is 0. The molecule has 1 aliphatic heterocycles. The first-order chi connectivity index (χ1) is 16.9. The van der Waals surface area contributed by atoms with Crippen molar-refractivity contribution in [1.29, 1.82) is 0 Å². The number of ether oxygens (including phenoxy) is 1. The van der Waals surface area contributed by atoms with E-state index in [1.807, 2.05) is 0 Å². The summed E-state index contributed by atoms with van der Waals surface area (Å²) in [5, 5.41) is 6.64. The van der Waals surface area contributed by atoms with Crippen LogP contribution in [0.2, 0.25) is 0 Å². The topological polar surface area (TPSA) is 95.1 Å². The SMILES string of the molecule is O=C(NC1CCOCC1)c1ccc(-n2cnc(-c3c(-c4ccccc4)noc3C(F)(F)F)c2)nc1. The molecule has 1 aromatic carbocycles. The fraction of sp³-hybridized carbons (Fsp3) is 0.250. The summed E-state index contributed by atoms with van der Waals surface area (Å²) in [6.07, 6.45) is 0.932. The molecule has 0 spiro atoms. The van der Waals surface area contributed by atoms with E-state index in [9.17, 15) is 18.0 Å². The Hall–Kier alpha value is -3.99. The van der Waals surface area contributed by atoms with Crippen molar-refractivity contribution in [3.63, 3.8) is 0 Å². The third-order valence-corrected chi connectivity index (χ3v) is 5.67. The molecule has 8 nitrogen and oxygen atoms in total. The van der Waals surface area contributed by atoms with Crippen LogP contribution in [0.4, 0.5) is 13.2 Å². The van der Waals surface area contributed by atoms with Crippen molar-refractivity contribution in [2.75, 3.05) is 13.2 Å². The molecule has 0 saturated carbocycles. The number of imidazole rings is 1. The lowest BCUT2D eigenvalue weighted by Gasteiger charge is -2.23. The van der Waals surface area contributed by atoms with Crippen molar-refractivity contribution in [3.05, 3.63) is 72.5 Å². The minimum atomic E-state index is -4.75. The quantitative estimate of drug-likeness (QED) is 0.449. The molecule has 35 heavy (non-hydrogen) atoms. The van der Waals surface area contributed by atoms with E-state index in [1.54, 1.807) is 42.5 Å². The van der Waals surface area contributed by atoms with Crippen molar-refractivity contribution < 1.29 is 27.2 Å². The number of halogens is 3. The summed E-state index contributed by atoms with van der Waals surface area (Å²) < 4.78 is 52.4. The summed E-state index contributed by atoms with van der Waals surface area (Å²) in [6, 6.07) is 11.7. The highest BCUT2D eigenvalue weighted by Crippen LogP contribution is 2.42. The maximum atomic E-state index is 13.7. The summed E-state index contributed by atoms with van der Waals surface area (Å²) in [4.78, 5) is 20.9. The van der Waals surface area contributed by atoms with Crippen LogP contribution >= 0.6 is 0 Å². The molecule has 0 radical (unpaired) electrons. The first-order valence-corrected chi connectivity index (χ1v) is 10.9. The van der Waals surface area contributed by atoms with Crippen molar-refractivity contribution in [2.45, 2.75) is 25.1 Å². The molecule has 1 saturated heterocycles. The third-order valence-electron chi connectivity index (χ3n) is 5.67. The number of amides is 1. The Balaban J connectivity index is 1.42. The number of nitrogens with one attached hydrogen (secondary N) is 1. The van der Waals surface area contributed by atoms with Gasteiger partial charge < -0.3 is 14.6 Å². The molecule has 0 atom stereocenters. The number of nitrogens with zero attached hydrogens (tertiary/aromatic N) is 4. The summed E-state index contributed by atoms with van der Waals surface area (Å²) >= 11 is 0. The Bertz CT molecular complexity index is 1310. The van der Waals surface area contributed by atoms with E-state index in [1.165, 1.54) is 23.3 Å². The van der Waals surface area contributed by atoms with E-state index in [4.69, 9.17) is 9.26 Å². The Labute approximate surface area is 197 Å². The van der Waals surface area contributed by atoms with Gasteiger partial charge in [-0.05, 0) is 25.0 Å². The zero-order valence-corrected chi connectivity index (χ0v) is 18.3. The zero-order chi connectivity index (χ0) is 24.4. The highest BCUT2D eigenvalue weighted by atomic mass is 19.4. The normalized spacial score (nSPS) is 14.7. The number of rotatable bonds is 5. The second kappa shape index (κ2) is 9.34. The number of carbonyl (C=O) groups is 1. The molecular weight excluding hydrogens is 463 g/mol. The molecule has 1 aliphatic rings. The van der Waals surface area contributed by atoms with Crippen LogP contribution in [0.25, 0.3) is 28.3 Å². The fourth-order valence-corrected chi connectivity index (χ4v) is 3.88. The molecule has 4 heterocycles. The van der Waals surface area contributed by atoms with Gasteiger partial charge in [-0.3, -0.25) is 9.36 Å². The first-order valence-electron chi connectivity index (χ1n) is 10.9. The fourth-order valence-electron chi connectivity index (χ4n) is 3.88. The number of hydrogen-bond donors (Lipinski definition) is 1. The van der Waals surface area contributed by atoms with E-state index >= 15 is 0 Å². The van der Waals surface area contributed by atoms with Crippen LogP contribution < -0.4 is 5.32 Å². The standard InChI is InChI=1S/C24H20F3N5O3/c25-24(26,27)22-20(21(31-35-22)15-4-2-1-3-5-15)18-13-32(14-29-18)19-7-6-16(12-28-19)23(33)30-17-8-10-34-11-9-17/h1-7,12-14,17H,8-11H2,(H,30,33). The second-order valence-electron chi connectivity index (χ2n) is 8.03. The molecule has 1 N–H and O–H groups in total. The number of carbonyl (C=O) groups excluding carboxylic acids is 1. The molecule has 3 aromatic heterocycles. The molecule has 0 unspecified atom stereocenters. The lowest BCUT2D eigenvalue weighted by molar-refractivity contribution is -0.154. The van der Waals surface area contributed by atoms with E-state index in [0.29, 0.717) is 30.2 Å². The van der Waals surface area contributed by atoms with Gasteiger partial charge in [-0.2, -0.15) is 13.2 Å². The summed E-state index contributed by atoms with van der Waals surface area (Å²) in [5.41, 5.74) is 0.659. The predicted octanol–water partition coefficient (Wildman–Crippen LogP) is 4.52. The lowest BCUT2D eigenvalue weighted by Crippen LogP contribution is -2.38. The van der Waals surface area contributed by atoms with Gasteiger partial charge in [-0.25, -0.2) is 9.97 Å². The van der Waals surface area contributed by atoms with Crippen molar-refractivity contribution >= 4 is 5.91 Å². The number of pyridine rings is 1. The molecule has 180 valence electrons. The highest BCUT2D eigenvalue weighted by Gasteiger charge is 2.41. The number of aromatic nitrogens is 4. The molecular formula is C24H20F3N5O3. The van der Waals surface area contributed by atoms with E-state index in [2.05, 4.69) is 20.4 Å². The van der Waals surface area contributed by atoms with E-state index in [-0.39, 0.29) is 28.9 Å². The van der Waals surface area contributed by atoms with Crippen LogP contribution in [-0.2, 0) is 10.9 Å². The number of hydrogen-bond acceptors (Lipinski definition) is 6. The minimum absolute atomic E-state index is 0.0283. The molecule has 1 amide bonds. The summed E-state index contributed by atoms with van der Waals surface area (Å²) in [5.74, 6) is -1.08. The number of benzene rings is 1. The first kappa shape index (κ1) is 22.8. The predicted molar refractivity (Wildman–Crippen MR) is 119 cm³/mol. The average molecular weight is 483 g/mol. The van der Waals surface area contributed by atoms with Crippen LogP contribution in [-0.4, -0.2) is 44.9 Å². The van der Waals surface area contributed by atoms with Gasteiger partial charge in [-0.1, -0.05) is 35.5 Å². The Kier molecular flexibility index (Phi) is 6.08. The van der Waals surface area contributed by atoms with Crippen LogP contribution in [0.5, 0.6) is 0 Å². The van der Waals surface area contributed by atoms with Crippen LogP contribution in [0.1, 0.15) is 29.0 Å². The maximum absolute atomic E-state index is 13.7. The molecule has 0 aliphatic carbocycles. The average Bonchev–Trinajstić information content (AvgIpc) is 3.53. The van der Waals surface area contributed by atoms with Gasteiger partial charge in [-0.15, -0.1) is 0 Å². The van der Waals surface area contributed by atoms with Gasteiger partial charge in [0.25, 0.3) is 5.91 Å². The van der Waals surface area contributed by atoms with Gasteiger partial charge in [0.15, 0.2) is 0 Å².